The molecule has 0 spiro atoms. The van der Waals surface area contributed by atoms with E-state index in [9.17, 15) is 4.79 Å². The molecule has 2 aromatic rings. The van der Waals surface area contributed by atoms with E-state index in [2.05, 4.69) is 20.7 Å². The molecule has 110 valence electrons. The van der Waals surface area contributed by atoms with E-state index < -0.39 is 0 Å². The molecule has 1 aliphatic rings. The van der Waals surface area contributed by atoms with Crippen molar-refractivity contribution in [2.75, 3.05) is 10.6 Å². The Bertz CT molecular complexity index is 643. The summed E-state index contributed by atoms with van der Waals surface area (Å²) in [7, 11) is 2.00. The lowest BCUT2D eigenvalue weighted by atomic mass is 10.2. The van der Waals surface area contributed by atoms with Crippen molar-refractivity contribution in [2.45, 2.75) is 32.2 Å². The molecule has 3 rings (SSSR count). The molecule has 1 aliphatic carbocycles. The maximum atomic E-state index is 11.0. The zero-order valence-electron chi connectivity index (χ0n) is 12.3. The Morgan fingerprint density at radius 3 is 2.81 bits per heavy atom. The van der Waals surface area contributed by atoms with Crippen LogP contribution in [-0.4, -0.2) is 20.7 Å². The first-order valence-corrected chi connectivity index (χ1v) is 7.12. The van der Waals surface area contributed by atoms with Gasteiger partial charge < -0.3 is 10.6 Å². The molecule has 0 aromatic carbocycles. The van der Waals surface area contributed by atoms with E-state index in [1.165, 1.54) is 31.0 Å². The van der Waals surface area contributed by atoms with Crippen LogP contribution >= 0.6 is 0 Å². The lowest BCUT2D eigenvalue weighted by molar-refractivity contribution is -0.114. The molecule has 6 heteroatoms. The summed E-state index contributed by atoms with van der Waals surface area (Å²) in [6.45, 7) is 2.19. The van der Waals surface area contributed by atoms with E-state index in [1.807, 2.05) is 30.1 Å². The molecule has 1 fully saturated rings. The molecule has 1 amide bonds. The maximum absolute atomic E-state index is 11.0. The van der Waals surface area contributed by atoms with Crippen molar-refractivity contribution >= 4 is 17.4 Å². The van der Waals surface area contributed by atoms with Crippen molar-refractivity contribution in [3.8, 4) is 0 Å². The van der Waals surface area contributed by atoms with Crippen molar-refractivity contribution < 1.29 is 4.79 Å². The van der Waals surface area contributed by atoms with Gasteiger partial charge in [0.1, 0.15) is 5.82 Å². The number of nitrogens with zero attached hydrogens (tertiary/aromatic N) is 3. The minimum Gasteiger partial charge on any atom is -0.366 e. The van der Waals surface area contributed by atoms with Crippen LogP contribution in [0.3, 0.4) is 0 Å². The Hall–Kier alpha value is -2.37. The lowest BCUT2D eigenvalue weighted by Crippen LogP contribution is -2.07. The van der Waals surface area contributed by atoms with Crippen LogP contribution in [0, 0.1) is 0 Å². The third-order valence-corrected chi connectivity index (χ3v) is 3.57. The first-order chi connectivity index (χ1) is 10.1. The standard InChI is InChI=1S/C15H19N5O/c1-10(21)19-13-5-6-14(17-9-13)16-7-12-8-18-20(2)15(12)11-3-4-11/h5-6,8-9,11H,3-4,7H2,1-2H3,(H,16,17)(H,19,21). The summed E-state index contributed by atoms with van der Waals surface area (Å²) in [5.74, 6) is 1.36. The van der Waals surface area contributed by atoms with Gasteiger partial charge >= 0.3 is 0 Å². The number of aromatic nitrogens is 3. The van der Waals surface area contributed by atoms with Crippen LogP contribution in [0.15, 0.2) is 24.5 Å². The molecule has 0 aliphatic heterocycles. The van der Waals surface area contributed by atoms with Gasteiger partial charge in [0.05, 0.1) is 18.1 Å². The van der Waals surface area contributed by atoms with E-state index >= 15 is 0 Å². The van der Waals surface area contributed by atoms with Crippen molar-refractivity contribution in [3.63, 3.8) is 0 Å². The van der Waals surface area contributed by atoms with Gasteiger partial charge in [-0.25, -0.2) is 4.98 Å². The van der Waals surface area contributed by atoms with E-state index in [-0.39, 0.29) is 5.91 Å². The largest absolute Gasteiger partial charge is 0.366 e. The second kappa shape index (κ2) is 5.55. The molecular formula is C15H19N5O. The fourth-order valence-electron chi connectivity index (χ4n) is 2.47. The molecule has 0 atom stereocenters. The number of hydrogen-bond acceptors (Lipinski definition) is 4. The van der Waals surface area contributed by atoms with E-state index in [4.69, 9.17) is 0 Å². The van der Waals surface area contributed by atoms with Gasteiger partial charge in [0.15, 0.2) is 0 Å². The predicted octanol–water partition coefficient (Wildman–Crippen LogP) is 2.26. The summed E-state index contributed by atoms with van der Waals surface area (Å²) in [6.07, 6.45) is 6.09. The summed E-state index contributed by atoms with van der Waals surface area (Å²) in [5, 5.41) is 10.3. The lowest BCUT2D eigenvalue weighted by Gasteiger charge is -2.08. The second-order valence-corrected chi connectivity index (χ2v) is 5.42. The van der Waals surface area contributed by atoms with Gasteiger partial charge in [-0.15, -0.1) is 0 Å². The predicted molar refractivity (Wildman–Crippen MR) is 81.1 cm³/mol. The highest BCUT2D eigenvalue weighted by atomic mass is 16.1. The van der Waals surface area contributed by atoms with Gasteiger partial charge in [-0.2, -0.15) is 5.10 Å². The average Bonchev–Trinajstić information content (AvgIpc) is 3.21. The van der Waals surface area contributed by atoms with Gasteiger partial charge in [0, 0.05) is 37.7 Å². The molecule has 0 unspecified atom stereocenters. The molecule has 0 radical (unpaired) electrons. The average molecular weight is 285 g/mol. The molecule has 2 N–H and O–H groups in total. The zero-order chi connectivity index (χ0) is 14.8. The highest BCUT2D eigenvalue weighted by Crippen LogP contribution is 2.41. The Labute approximate surface area is 123 Å². The normalized spacial score (nSPS) is 14.0. The van der Waals surface area contributed by atoms with Crippen molar-refractivity contribution in [2.24, 2.45) is 7.05 Å². The maximum Gasteiger partial charge on any atom is 0.221 e. The fourth-order valence-corrected chi connectivity index (χ4v) is 2.47. The molecule has 2 heterocycles. The van der Waals surface area contributed by atoms with E-state index in [0.717, 1.165) is 5.82 Å². The number of pyridine rings is 1. The first kappa shape index (κ1) is 13.6. The molecule has 6 nitrogen and oxygen atoms in total. The smallest absolute Gasteiger partial charge is 0.221 e. The third-order valence-electron chi connectivity index (χ3n) is 3.57. The van der Waals surface area contributed by atoms with Gasteiger partial charge in [-0.3, -0.25) is 9.48 Å². The summed E-state index contributed by atoms with van der Waals surface area (Å²) >= 11 is 0. The van der Waals surface area contributed by atoms with Gasteiger partial charge in [-0.05, 0) is 25.0 Å². The number of aryl methyl sites for hydroxylation is 1. The molecule has 21 heavy (non-hydrogen) atoms. The van der Waals surface area contributed by atoms with Crippen LogP contribution < -0.4 is 10.6 Å². The van der Waals surface area contributed by atoms with Crippen LogP contribution in [0.5, 0.6) is 0 Å². The van der Waals surface area contributed by atoms with Gasteiger partial charge in [-0.1, -0.05) is 0 Å². The molecule has 0 bridgehead atoms. The van der Waals surface area contributed by atoms with Crippen LogP contribution in [0.1, 0.15) is 36.9 Å². The van der Waals surface area contributed by atoms with E-state index in [1.54, 1.807) is 6.20 Å². The molecule has 0 saturated heterocycles. The minimum atomic E-state index is -0.0954. The summed E-state index contributed by atoms with van der Waals surface area (Å²) in [5.41, 5.74) is 3.26. The highest BCUT2D eigenvalue weighted by molar-refractivity contribution is 5.88. The number of carbonyl (C=O) groups is 1. The number of anilines is 2. The number of amides is 1. The number of carbonyl (C=O) groups excluding carboxylic acids is 1. The summed E-state index contributed by atoms with van der Waals surface area (Å²) in [6, 6.07) is 3.69. The molecule has 1 saturated carbocycles. The van der Waals surface area contributed by atoms with Crippen molar-refractivity contribution in [1.82, 2.24) is 14.8 Å². The van der Waals surface area contributed by atoms with Crippen LogP contribution in [0.25, 0.3) is 0 Å². The Balaban J connectivity index is 1.63. The Morgan fingerprint density at radius 1 is 1.38 bits per heavy atom. The minimum absolute atomic E-state index is 0.0954. The topological polar surface area (TPSA) is 71.8 Å². The zero-order valence-corrected chi connectivity index (χ0v) is 12.3. The Kier molecular flexibility index (Phi) is 3.60. The fraction of sp³-hybridized carbons (Fsp3) is 0.400. The van der Waals surface area contributed by atoms with Crippen molar-refractivity contribution in [1.29, 1.82) is 0 Å². The highest BCUT2D eigenvalue weighted by Gasteiger charge is 2.29. The Morgan fingerprint density at radius 2 is 2.19 bits per heavy atom. The molecular weight excluding hydrogens is 266 g/mol. The van der Waals surface area contributed by atoms with Crippen LogP contribution in [0.2, 0.25) is 0 Å². The number of nitrogens with one attached hydrogen (secondary N) is 2. The SMILES string of the molecule is CC(=O)Nc1ccc(NCc2cnn(C)c2C2CC2)nc1. The van der Waals surface area contributed by atoms with E-state index in [0.29, 0.717) is 18.2 Å². The van der Waals surface area contributed by atoms with Crippen molar-refractivity contribution in [3.05, 3.63) is 35.8 Å². The first-order valence-electron chi connectivity index (χ1n) is 7.12. The quantitative estimate of drug-likeness (QED) is 0.884. The summed E-state index contributed by atoms with van der Waals surface area (Å²) < 4.78 is 1.97. The number of hydrogen-bond donors (Lipinski definition) is 2. The third kappa shape index (κ3) is 3.21. The second-order valence-electron chi connectivity index (χ2n) is 5.42. The number of rotatable bonds is 5. The van der Waals surface area contributed by atoms with Crippen LogP contribution in [0.4, 0.5) is 11.5 Å². The van der Waals surface area contributed by atoms with Crippen LogP contribution in [-0.2, 0) is 18.4 Å². The van der Waals surface area contributed by atoms with Gasteiger partial charge in [0.25, 0.3) is 0 Å². The summed E-state index contributed by atoms with van der Waals surface area (Å²) in [4.78, 5) is 15.2. The monoisotopic (exact) mass is 285 g/mol. The molecule has 2 aromatic heterocycles. The van der Waals surface area contributed by atoms with Gasteiger partial charge in [0.2, 0.25) is 5.91 Å².